The molecular formula is C11H11BrN4O2. The molecule has 0 bridgehead atoms. The molecule has 1 unspecified atom stereocenters. The molecule has 0 spiro atoms. The second-order valence-electron chi connectivity index (χ2n) is 3.95. The van der Waals surface area contributed by atoms with Gasteiger partial charge in [0.15, 0.2) is 0 Å². The van der Waals surface area contributed by atoms with E-state index in [1.54, 1.807) is 18.3 Å². The van der Waals surface area contributed by atoms with Crippen LogP contribution in [0.2, 0.25) is 0 Å². The molecule has 2 aromatic rings. The van der Waals surface area contributed by atoms with E-state index < -0.39 is 4.92 Å². The minimum absolute atomic E-state index is 0.0132. The summed E-state index contributed by atoms with van der Waals surface area (Å²) < 4.78 is 1.43. The van der Waals surface area contributed by atoms with Gasteiger partial charge < -0.3 is 0 Å². The van der Waals surface area contributed by atoms with E-state index in [2.05, 4.69) is 26.2 Å². The molecule has 0 aliphatic rings. The van der Waals surface area contributed by atoms with Crippen LogP contribution < -0.4 is 0 Å². The van der Waals surface area contributed by atoms with E-state index in [-0.39, 0.29) is 10.5 Å². The van der Waals surface area contributed by atoms with E-state index in [0.29, 0.717) is 5.69 Å². The molecule has 1 heterocycles. The fourth-order valence-electron chi connectivity index (χ4n) is 1.55. The fourth-order valence-corrected chi connectivity index (χ4v) is 1.76. The number of nitro benzene ring substituents is 1. The zero-order chi connectivity index (χ0) is 13.3. The van der Waals surface area contributed by atoms with E-state index in [9.17, 15) is 10.1 Å². The van der Waals surface area contributed by atoms with Gasteiger partial charge in [0.2, 0.25) is 0 Å². The molecule has 0 N–H and O–H groups in total. The highest BCUT2D eigenvalue weighted by molar-refractivity contribution is 9.09. The van der Waals surface area contributed by atoms with Gasteiger partial charge in [0.05, 0.1) is 21.6 Å². The second kappa shape index (κ2) is 4.85. The van der Waals surface area contributed by atoms with Gasteiger partial charge >= 0.3 is 0 Å². The van der Waals surface area contributed by atoms with Gasteiger partial charge in [-0.05, 0) is 25.5 Å². The smallest absolute Gasteiger partial charge is 0.258 e. The van der Waals surface area contributed by atoms with Gasteiger partial charge in [-0.25, -0.2) is 4.68 Å². The Labute approximate surface area is 112 Å². The lowest BCUT2D eigenvalue weighted by Gasteiger charge is -2.03. The van der Waals surface area contributed by atoms with Crippen LogP contribution in [0.4, 0.5) is 5.69 Å². The number of nitrogens with zero attached hydrogens (tertiary/aromatic N) is 4. The third kappa shape index (κ3) is 2.40. The molecule has 1 aromatic heterocycles. The number of hydrogen-bond donors (Lipinski definition) is 0. The van der Waals surface area contributed by atoms with Gasteiger partial charge in [0.1, 0.15) is 5.69 Å². The Balaban J connectivity index is 2.54. The zero-order valence-electron chi connectivity index (χ0n) is 9.87. The monoisotopic (exact) mass is 310 g/mol. The van der Waals surface area contributed by atoms with Crippen molar-refractivity contribution in [2.45, 2.75) is 18.7 Å². The Hall–Kier alpha value is -1.76. The normalized spacial score (nSPS) is 12.4. The average molecular weight is 311 g/mol. The Morgan fingerprint density at radius 1 is 1.50 bits per heavy atom. The van der Waals surface area contributed by atoms with Crippen molar-refractivity contribution >= 4 is 21.6 Å². The molecule has 0 saturated carbocycles. The quantitative estimate of drug-likeness (QED) is 0.496. The average Bonchev–Trinajstić information content (AvgIpc) is 2.77. The molecule has 1 aromatic carbocycles. The number of benzene rings is 1. The van der Waals surface area contributed by atoms with Gasteiger partial charge in [0.25, 0.3) is 5.69 Å². The fraction of sp³-hybridized carbons (Fsp3) is 0.273. The van der Waals surface area contributed by atoms with Crippen molar-refractivity contribution in [3.05, 3.63) is 45.8 Å². The van der Waals surface area contributed by atoms with Gasteiger partial charge in [-0.2, -0.15) is 0 Å². The van der Waals surface area contributed by atoms with Gasteiger partial charge in [0, 0.05) is 6.07 Å². The summed E-state index contributed by atoms with van der Waals surface area (Å²) >= 11 is 3.38. The first kappa shape index (κ1) is 12.7. The molecule has 18 heavy (non-hydrogen) atoms. The lowest BCUT2D eigenvalue weighted by molar-refractivity contribution is -0.384. The molecule has 6 nitrogen and oxygen atoms in total. The topological polar surface area (TPSA) is 73.8 Å². The highest BCUT2D eigenvalue weighted by Crippen LogP contribution is 2.25. The van der Waals surface area contributed by atoms with Crippen molar-refractivity contribution < 1.29 is 4.92 Å². The summed E-state index contributed by atoms with van der Waals surface area (Å²) in [6, 6.07) is 4.89. The van der Waals surface area contributed by atoms with E-state index in [1.165, 1.54) is 10.7 Å². The standard InChI is InChI=1S/C11H11BrN4O2/c1-7-3-4-10(16(17)18)11(5-7)15-6-9(8(2)12)13-14-15/h3-6,8H,1-2H3. The molecule has 7 heteroatoms. The molecule has 0 aliphatic carbocycles. The van der Waals surface area contributed by atoms with Crippen LogP contribution in [0.1, 0.15) is 23.0 Å². The van der Waals surface area contributed by atoms with Crippen molar-refractivity contribution in [2.75, 3.05) is 0 Å². The zero-order valence-corrected chi connectivity index (χ0v) is 11.5. The third-order valence-electron chi connectivity index (χ3n) is 2.49. The first-order valence-electron chi connectivity index (χ1n) is 5.31. The van der Waals surface area contributed by atoms with Crippen LogP contribution in [-0.2, 0) is 0 Å². The third-order valence-corrected chi connectivity index (χ3v) is 2.96. The van der Waals surface area contributed by atoms with Crippen LogP contribution in [0.15, 0.2) is 24.4 Å². The van der Waals surface area contributed by atoms with Crippen molar-refractivity contribution in [1.29, 1.82) is 0 Å². The number of alkyl halides is 1. The van der Waals surface area contributed by atoms with Crippen molar-refractivity contribution in [2.24, 2.45) is 0 Å². The lowest BCUT2D eigenvalue weighted by atomic mass is 10.2. The Morgan fingerprint density at radius 2 is 2.22 bits per heavy atom. The molecule has 0 saturated heterocycles. The maximum atomic E-state index is 11.0. The van der Waals surface area contributed by atoms with Crippen LogP contribution in [-0.4, -0.2) is 19.9 Å². The highest BCUT2D eigenvalue weighted by Gasteiger charge is 2.17. The summed E-state index contributed by atoms with van der Waals surface area (Å²) in [7, 11) is 0. The second-order valence-corrected chi connectivity index (χ2v) is 5.33. The summed E-state index contributed by atoms with van der Waals surface area (Å²) in [4.78, 5) is 10.6. The number of aryl methyl sites for hydroxylation is 1. The predicted molar refractivity (Wildman–Crippen MR) is 70.1 cm³/mol. The molecule has 94 valence electrons. The number of nitro groups is 1. The van der Waals surface area contributed by atoms with Gasteiger partial charge in [-0.1, -0.05) is 27.2 Å². The number of hydrogen-bond acceptors (Lipinski definition) is 4. The Bertz CT molecular complexity index is 594. The van der Waals surface area contributed by atoms with Crippen LogP contribution >= 0.6 is 15.9 Å². The minimum atomic E-state index is -0.423. The van der Waals surface area contributed by atoms with Crippen LogP contribution in [0.5, 0.6) is 0 Å². The minimum Gasteiger partial charge on any atom is -0.258 e. The predicted octanol–water partition coefficient (Wildman–Crippen LogP) is 2.94. The maximum absolute atomic E-state index is 11.0. The molecular weight excluding hydrogens is 300 g/mol. The van der Waals surface area contributed by atoms with E-state index >= 15 is 0 Å². The van der Waals surface area contributed by atoms with Gasteiger partial charge in [-0.3, -0.25) is 10.1 Å². The first-order valence-corrected chi connectivity index (χ1v) is 6.22. The van der Waals surface area contributed by atoms with E-state index in [1.807, 2.05) is 13.8 Å². The summed E-state index contributed by atoms with van der Waals surface area (Å²) in [5, 5.41) is 18.9. The summed E-state index contributed by atoms with van der Waals surface area (Å²) in [5.41, 5.74) is 2.09. The van der Waals surface area contributed by atoms with Crippen molar-refractivity contribution in [3.8, 4) is 5.69 Å². The molecule has 2 rings (SSSR count). The summed E-state index contributed by atoms with van der Waals surface area (Å²) in [6.07, 6.45) is 1.68. The Morgan fingerprint density at radius 3 is 2.78 bits per heavy atom. The van der Waals surface area contributed by atoms with Crippen LogP contribution in [0.3, 0.4) is 0 Å². The lowest BCUT2D eigenvalue weighted by Crippen LogP contribution is -2.01. The molecule has 0 radical (unpaired) electrons. The summed E-state index contributed by atoms with van der Waals surface area (Å²) in [6.45, 7) is 3.79. The molecule has 1 atom stereocenters. The van der Waals surface area contributed by atoms with Crippen molar-refractivity contribution in [3.63, 3.8) is 0 Å². The first-order chi connectivity index (χ1) is 8.49. The highest BCUT2D eigenvalue weighted by atomic mass is 79.9. The SMILES string of the molecule is Cc1ccc([N+](=O)[O-])c(-n2cc(C(C)Br)nn2)c1. The van der Waals surface area contributed by atoms with Gasteiger partial charge in [-0.15, -0.1) is 5.10 Å². The molecule has 0 amide bonds. The van der Waals surface area contributed by atoms with Crippen LogP contribution in [0.25, 0.3) is 5.69 Å². The molecule has 0 aliphatic heterocycles. The van der Waals surface area contributed by atoms with Crippen LogP contribution in [0, 0.1) is 17.0 Å². The van der Waals surface area contributed by atoms with Crippen molar-refractivity contribution in [1.82, 2.24) is 15.0 Å². The van der Waals surface area contributed by atoms with E-state index in [4.69, 9.17) is 0 Å². The largest absolute Gasteiger partial charge is 0.294 e. The molecule has 0 fully saturated rings. The number of rotatable bonds is 3. The number of aromatic nitrogens is 3. The van der Waals surface area contributed by atoms with E-state index in [0.717, 1.165) is 11.3 Å². The number of halogens is 1. The summed E-state index contributed by atoms with van der Waals surface area (Å²) in [5.74, 6) is 0. The maximum Gasteiger partial charge on any atom is 0.294 e. The Kier molecular flexibility index (Phi) is 3.42.